The summed E-state index contributed by atoms with van der Waals surface area (Å²) in [6.45, 7) is 7.28. The molecule has 1 aromatic carbocycles. The number of anilines is 1. The maximum Gasteiger partial charge on any atom is 0.223 e. The Bertz CT molecular complexity index is 968. The molecule has 2 aromatic heterocycles. The number of carbonyl (C=O) groups is 1. The lowest BCUT2D eigenvalue weighted by atomic mass is 10.1. The number of fused-ring (bicyclic) bond motifs is 1. The largest absolute Gasteiger partial charge is 0.352 e. The molecule has 0 N–H and O–H groups in total. The molecule has 0 radical (unpaired) electrons. The van der Waals surface area contributed by atoms with Gasteiger partial charge in [-0.1, -0.05) is 12.1 Å². The van der Waals surface area contributed by atoms with E-state index in [0.717, 1.165) is 49.8 Å². The van der Waals surface area contributed by atoms with E-state index in [1.54, 1.807) is 11.5 Å². The van der Waals surface area contributed by atoms with Crippen LogP contribution in [0.15, 0.2) is 24.3 Å². The van der Waals surface area contributed by atoms with Gasteiger partial charge in [0.2, 0.25) is 5.91 Å². The fourth-order valence-corrected chi connectivity index (χ4v) is 4.63. The molecule has 7 heteroatoms. The third-order valence-corrected chi connectivity index (χ3v) is 6.35. The number of hydrogen-bond donors (Lipinski definition) is 0. The Morgan fingerprint density at radius 3 is 2.59 bits per heavy atom. The molecule has 1 aliphatic rings. The van der Waals surface area contributed by atoms with E-state index in [1.165, 1.54) is 15.6 Å². The zero-order chi connectivity index (χ0) is 19.0. The van der Waals surface area contributed by atoms with Gasteiger partial charge in [0.1, 0.15) is 5.82 Å². The average Bonchev–Trinajstić information content (AvgIpc) is 3.21. The Morgan fingerprint density at radius 2 is 1.89 bits per heavy atom. The van der Waals surface area contributed by atoms with Gasteiger partial charge in [-0.15, -0.1) is 0 Å². The van der Waals surface area contributed by atoms with Crippen molar-refractivity contribution in [1.82, 2.24) is 19.1 Å². The minimum absolute atomic E-state index is 0.237. The highest BCUT2D eigenvalue weighted by molar-refractivity contribution is 7.13. The molecular formula is C20H25N5OS. The van der Waals surface area contributed by atoms with Crippen molar-refractivity contribution in [2.75, 3.05) is 31.1 Å². The predicted octanol–water partition coefficient (Wildman–Crippen LogP) is 2.93. The number of rotatable bonds is 4. The predicted molar refractivity (Wildman–Crippen MR) is 109 cm³/mol. The first-order valence-corrected chi connectivity index (χ1v) is 10.2. The molecule has 0 atom stereocenters. The van der Waals surface area contributed by atoms with Gasteiger partial charge >= 0.3 is 0 Å². The topological polar surface area (TPSA) is 54.3 Å². The second-order valence-electron chi connectivity index (χ2n) is 7.14. The van der Waals surface area contributed by atoms with Crippen LogP contribution in [-0.4, -0.2) is 51.1 Å². The van der Waals surface area contributed by atoms with Crippen molar-refractivity contribution in [1.29, 1.82) is 0 Å². The number of carbonyl (C=O) groups excluding carboxylic acids is 1. The van der Waals surface area contributed by atoms with E-state index in [-0.39, 0.29) is 5.91 Å². The molecule has 27 heavy (non-hydrogen) atoms. The Balaban J connectivity index is 1.35. The summed E-state index contributed by atoms with van der Waals surface area (Å²) in [7, 11) is 1.95. The smallest absolute Gasteiger partial charge is 0.223 e. The molecule has 4 rings (SSSR count). The minimum atomic E-state index is 0.237. The molecule has 3 aromatic rings. The quantitative estimate of drug-likeness (QED) is 0.695. The van der Waals surface area contributed by atoms with Gasteiger partial charge in [-0.3, -0.25) is 9.48 Å². The van der Waals surface area contributed by atoms with Gasteiger partial charge in [0, 0.05) is 50.7 Å². The minimum Gasteiger partial charge on any atom is -0.352 e. The summed E-state index contributed by atoms with van der Waals surface area (Å²) in [5, 5.41) is 5.66. The maximum atomic E-state index is 12.7. The van der Waals surface area contributed by atoms with Crippen LogP contribution in [-0.2, 0) is 18.3 Å². The summed E-state index contributed by atoms with van der Waals surface area (Å²) in [5.41, 5.74) is 3.39. The number of aryl methyl sites for hydroxylation is 2. The molecule has 142 valence electrons. The van der Waals surface area contributed by atoms with Crippen molar-refractivity contribution in [2.45, 2.75) is 26.7 Å². The Morgan fingerprint density at radius 1 is 1.15 bits per heavy atom. The van der Waals surface area contributed by atoms with E-state index in [9.17, 15) is 4.79 Å². The molecule has 1 aliphatic heterocycles. The van der Waals surface area contributed by atoms with Gasteiger partial charge in [0.25, 0.3) is 0 Å². The Labute approximate surface area is 163 Å². The number of hydrogen-bond acceptors (Lipinski definition) is 5. The molecule has 3 heterocycles. The van der Waals surface area contributed by atoms with Crippen LogP contribution >= 0.6 is 11.5 Å². The first-order chi connectivity index (χ1) is 13.0. The molecule has 0 bridgehead atoms. The summed E-state index contributed by atoms with van der Waals surface area (Å²) < 4.78 is 7.75. The molecule has 0 saturated carbocycles. The first kappa shape index (κ1) is 18.0. The molecular weight excluding hydrogens is 358 g/mol. The summed E-state index contributed by atoms with van der Waals surface area (Å²) in [6.07, 6.45) is 1.31. The zero-order valence-corrected chi connectivity index (χ0v) is 16.9. The van der Waals surface area contributed by atoms with E-state index in [4.69, 9.17) is 0 Å². The van der Waals surface area contributed by atoms with Crippen LogP contribution in [0.25, 0.3) is 10.1 Å². The van der Waals surface area contributed by atoms with Crippen molar-refractivity contribution >= 4 is 33.3 Å². The van der Waals surface area contributed by atoms with Gasteiger partial charge < -0.3 is 9.80 Å². The fraction of sp³-hybridized carbons (Fsp3) is 0.450. The number of nitrogens with zero attached hydrogens (tertiary/aromatic N) is 5. The lowest BCUT2D eigenvalue weighted by molar-refractivity contribution is -0.131. The molecule has 0 unspecified atom stereocenters. The molecule has 0 aliphatic carbocycles. The average molecular weight is 384 g/mol. The van der Waals surface area contributed by atoms with Gasteiger partial charge in [-0.25, -0.2) is 0 Å². The second kappa shape index (κ2) is 7.31. The fourth-order valence-electron chi connectivity index (χ4n) is 3.84. The van der Waals surface area contributed by atoms with E-state index in [2.05, 4.69) is 39.5 Å². The van der Waals surface area contributed by atoms with Crippen LogP contribution in [0.2, 0.25) is 0 Å². The highest BCUT2D eigenvalue weighted by Gasteiger charge is 2.24. The lowest BCUT2D eigenvalue weighted by Gasteiger charge is -2.35. The van der Waals surface area contributed by atoms with Crippen molar-refractivity contribution < 1.29 is 4.79 Å². The van der Waals surface area contributed by atoms with Crippen molar-refractivity contribution in [2.24, 2.45) is 7.05 Å². The standard InChI is InChI=1S/C20H25N5OS/c1-14-16(15(2)23(3)21-14)8-9-19(26)24-10-12-25(13-11-24)20-17-6-4-5-7-18(17)27-22-20/h4-7H,8-13H2,1-3H3. The molecule has 6 nitrogen and oxygen atoms in total. The van der Waals surface area contributed by atoms with E-state index >= 15 is 0 Å². The van der Waals surface area contributed by atoms with Gasteiger partial charge in [0.15, 0.2) is 0 Å². The van der Waals surface area contributed by atoms with Crippen LogP contribution < -0.4 is 4.90 Å². The summed E-state index contributed by atoms with van der Waals surface area (Å²) in [5.74, 6) is 1.30. The van der Waals surface area contributed by atoms with E-state index < -0.39 is 0 Å². The summed E-state index contributed by atoms with van der Waals surface area (Å²) in [6, 6.07) is 8.35. The third-order valence-electron chi connectivity index (χ3n) is 5.54. The molecule has 1 saturated heterocycles. The zero-order valence-electron chi connectivity index (χ0n) is 16.1. The van der Waals surface area contributed by atoms with Crippen LogP contribution in [0.3, 0.4) is 0 Å². The maximum absolute atomic E-state index is 12.7. The number of benzene rings is 1. The van der Waals surface area contributed by atoms with E-state index in [0.29, 0.717) is 6.42 Å². The van der Waals surface area contributed by atoms with Crippen LogP contribution in [0.4, 0.5) is 5.82 Å². The SMILES string of the molecule is Cc1nn(C)c(C)c1CCC(=O)N1CCN(c2nsc3ccccc23)CC1. The highest BCUT2D eigenvalue weighted by atomic mass is 32.1. The Hall–Kier alpha value is -2.41. The summed E-state index contributed by atoms with van der Waals surface area (Å²) >= 11 is 1.54. The number of piperazine rings is 1. The lowest BCUT2D eigenvalue weighted by Crippen LogP contribution is -2.49. The number of aromatic nitrogens is 3. The van der Waals surface area contributed by atoms with Gasteiger partial charge in [0.05, 0.1) is 10.4 Å². The normalized spacial score (nSPS) is 14.9. The number of amides is 1. The van der Waals surface area contributed by atoms with Crippen LogP contribution in [0.1, 0.15) is 23.4 Å². The molecule has 1 fully saturated rings. The highest BCUT2D eigenvalue weighted by Crippen LogP contribution is 2.29. The van der Waals surface area contributed by atoms with Crippen molar-refractivity contribution in [3.05, 3.63) is 41.2 Å². The van der Waals surface area contributed by atoms with Gasteiger partial charge in [-0.2, -0.15) is 9.47 Å². The molecule has 0 spiro atoms. The van der Waals surface area contributed by atoms with Gasteiger partial charge in [-0.05, 0) is 49.5 Å². The molecule has 1 amide bonds. The van der Waals surface area contributed by atoms with Crippen molar-refractivity contribution in [3.8, 4) is 0 Å². The second-order valence-corrected chi connectivity index (χ2v) is 7.95. The first-order valence-electron chi connectivity index (χ1n) is 9.41. The Kier molecular flexibility index (Phi) is 4.86. The van der Waals surface area contributed by atoms with Crippen molar-refractivity contribution in [3.63, 3.8) is 0 Å². The summed E-state index contributed by atoms with van der Waals surface area (Å²) in [4.78, 5) is 17.0. The van der Waals surface area contributed by atoms with Crippen LogP contribution in [0.5, 0.6) is 0 Å². The third kappa shape index (κ3) is 3.43. The van der Waals surface area contributed by atoms with E-state index in [1.807, 2.05) is 29.6 Å². The van der Waals surface area contributed by atoms with Crippen LogP contribution in [0, 0.1) is 13.8 Å². The monoisotopic (exact) mass is 383 g/mol.